The molecule has 0 atom stereocenters. The zero-order chi connectivity index (χ0) is 14.2. The van der Waals surface area contributed by atoms with Gasteiger partial charge in [-0.05, 0) is 52.3 Å². The molecular formula is C16H21NO2. The number of ether oxygens (including phenoxy) is 1. The van der Waals surface area contributed by atoms with E-state index in [2.05, 4.69) is 32.2 Å². The van der Waals surface area contributed by atoms with Crippen LogP contribution in [0.1, 0.15) is 50.5 Å². The average Bonchev–Trinajstić information content (AvgIpc) is 2.28. The van der Waals surface area contributed by atoms with Crippen molar-refractivity contribution in [3.8, 4) is 5.75 Å². The summed E-state index contributed by atoms with van der Waals surface area (Å²) in [5.74, 6) is 0.802. The molecule has 1 heterocycles. The van der Waals surface area contributed by atoms with Crippen LogP contribution in [0.4, 0.5) is 5.69 Å². The molecule has 0 unspecified atom stereocenters. The van der Waals surface area contributed by atoms with Crippen LogP contribution in [-0.4, -0.2) is 17.9 Å². The predicted octanol–water partition coefficient (Wildman–Crippen LogP) is 3.90. The minimum absolute atomic E-state index is 0.0517. The molecule has 3 nitrogen and oxygen atoms in total. The predicted molar refractivity (Wildman–Crippen MR) is 79.0 cm³/mol. The third-order valence-corrected chi connectivity index (χ3v) is 3.25. The first kappa shape index (κ1) is 13.7. The van der Waals surface area contributed by atoms with E-state index in [-0.39, 0.29) is 11.3 Å². The van der Waals surface area contributed by atoms with Gasteiger partial charge in [0.15, 0.2) is 5.78 Å². The van der Waals surface area contributed by atoms with E-state index in [1.807, 2.05) is 19.1 Å². The van der Waals surface area contributed by atoms with Crippen molar-refractivity contribution >= 4 is 17.0 Å². The number of rotatable bonds is 3. The maximum absolute atomic E-state index is 11.9. The van der Waals surface area contributed by atoms with E-state index in [1.165, 1.54) is 5.57 Å². The van der Waals surface area contributed by atoms with Crippen LogP contribution >= 0.6 is 0 Å². The van der Waals surface area contributed by atoms with Crippen LogP contribution in [0.25, 0.3) is 5.57 Å². The molecule has 1 aromatic carbocycles. The van der Waals surface area contributed by atoms with Gasteiger partial charge in [0.05, 0.1) is 17.8 Å². The van der Waals surface area contributed by atoms with E-state index >= 15 is 0 Å². The van der Waals surface area contributed by atoms with Gasteiger partial charge in [-0.3, -0.25) is 4.79 Å². The zero-order valence-electron chi connectivity index (χ0n) is 12.3. The third-order valence-electron chi connectivity index (χ3n) is 3.25. The Balaban J connectivity index is 2.64. The van der Waals surface area contributed by atoms with Gasteiger partial charge in [-0.25, -0.2) is 0 Å². The Morgan fingerprint density at radius 1 is 1.37 bits per heavy atom. The van der Waals surface area contributed by atoms with Crippen molar-refractivity contribution in [2.45, 2.75) is 40.2 Å². The van der Waals surface area contributed by atoms with Crippen LogP contribution in [0.5, 0.6) is 5.75 Å². The number of ketones is 1. The fourth-order valence-corrected chi connectivity index (χ4v) is 2.57. The number of anilines is 1. The van der Waals surface area contributed by atoms with Crippen LogP contribution in [0, 0.1) is 0 Å². The van der Waals surface area contributed by atoms with Crippen LogP contribution in [0.3, 0.4) is 0 Å². The van der Waals surface area contributed by atoms with Gasteiger partial charge in [0.2, 0.25) is 0 Å². The van der Waals surface area contributed by atoms with E-state index in [1.54, 1.807) is 6.92 Å². The molecule has 0 aliphatic carbocycles. The SMILES string of the molecule is CCOc1cc(C(C)=O)c2c(c1)C(C)=CC(C)(C)N2. The summed E-state index contributed by atoms with van der Waals surface area (Å²) in [6, 6.07) is 3.83. The topological polar surface area (TPSA) is 38.3 Å². The highest BCUT2D eigenvalue weighted by atomic mass is 16.5. The number of hydrogen-bond donors (Lipinski definition) is 1. The van der Waals surface area contributed by atoms with Gasteiger partial charge in [-0.2, -0.15) is 0 Å². The fourth-order valence-electron chi connectivity index (χ4n) is 2.57. The zero-order valence-corrected chi connectivity index (χ0v) is 12.3. The Hall–Kier alpha value is -1.77. The highest BCUT2D eigenvalue weighted by Crippen LogP contribution is 2.38. The van der Waals surface area contributed by atoms with Gasteiger partial charge in [0.1, 0.15) is 5.75 Å². The number of nitrogens with one attached hydrogen (secondary N) is 1. The van der Waals surface area contributed by atoms with Crippen molar-refractivity contribution in [1.82, 2.24) is 0 Å². The number of allylic oxidation sites excluding steroid dienone is 1. The molecular weight excluding hydrogens is 238 g/mol. The number of hydrogen-bond acceptors (Lipinski definition) is 3. The second-order valence-electron chi connectivity index (χ2n) is 5.56. The van der Waals surface area contributed by atoms with Crippen LogP contribution in [-0.2, 0) is 0 Å². The summed E-state index contributed by atoms with van der Waals surface area (Å²) in [5.41, 5.74) is 3.69. The molecule has 0 radical (unpaired) electrons. The summed E-state index contributed by atoms with van der Waals surface area (Å²) in [6.45, 7) is 10.4. The molecule has 19 heavy (non-hydrogen) atoms. The normalized spacial score (nSPS) is 16.2. The lowest BCUT2D eigenvalue weighted by molar-refractivity contribution is 0.101. The molecule has 1 aliphatic rings. The molecule has 1 N–H and O–H groups in total. The second-order valence-corrected chi connectivity index (χ2v) is 5.56. The molecule has 1 aliphatic heterocycles. The van der Waals surface area contributed by atoms with Crippen molar-refractivity contribution < 1.29 is 9.53 Å². The number of fused-ring (bicyclic) bond motifs is 1. The Morgan fingerprint density at radius 2 is 2.05 bits per heavy atom. The number of carbonyl (C=O) groups is 1. The average molecular weight is 259 g/mol. The first-order valence-electron chi connectivity index (χ1n) is 6.64. The smallest absolute Gasteiger partial charge is 0.162 e. The summed E-state index contributed by atoms with van der Waals surface area (Å²) in [4.78, 5) is 11.9. The Bertz CT molecular complexity index is 556. The molecule has 0 aromatic heterocycles. The van der Waals surface area contributed by atoms with Gasteiger partial charge in [-0.1, -0.05) is 6.08 Å². The van der Waals surface area contributed by atoms with E-state index in [9.17, 15) is 4.79 Å². The second kappa shape index (κ2) is 4.72. The van der Waals surface area contributed by atoms with E-state index in [0.29, 0.717) is 12.2 Å². The van der Waals surface area contributed by atoms with Gasteiger partial charge in [0, 0.05) is 11.1 Å². The minimum atomic E-state index is -0.144. The lowest BCUT2D eigenvalue weighted by Crippen LogP contribution is -2.32. The van der Waals surface area contributed by atoms with Gasteiger partial charge >= 0.3 is 0 Å². The molecule has 3 heteroatoms. The number of carbonyl (C=O) groups excluding carboxylic acids is 1. The Morgan fingerprint density at radius 3 is 2.63 bits per heavy atom. The quantitative estimate of drug-likeness (QED) is 0.837. The Labute approximate surface area is 114 Å². The van der Waals surface area contributed by atoms with Gasteiger partial charge < -0.3 is 10.1 Å². The molecule has 0 bridgehead atoms. The minimum Gasteiger partial charge on any atom is -0.494 e. The van der Waals surface area contributed by atoms with Crippen LogP contribution in [0.2, 0.25) is 0 Å². The highest BCUT2D eigenvalue weighted by molar-refractivity contribution is 6.03. The van der Waals surface area contributed by atoms with E-state index in [0.717, 1.165) is 17.0 Å². The van der Waals surface area contributed by atoms with Crippen molar-refractivity contribution in [3.05, 3.63) is 29.3 Å². The van der Waals surface area contributed by atoms with Crippen molar-refractivity contribution in [3.63, 3.8) is 0 Å². The Kier molecular flexibility index (Phi) is 3.40. The first-order chi connectivity index (χ1) is 8.84. The fraction of sp³-hybridized carbons (Fsp3) is 0.438. The molecule has 0 saturated carbocycles. The van der Waals surface area contributed by atoms with Gasteiger partial charge in [-0.15, -0.1) is 0 Å². The number of Topliss-reactive ketones (excluding diaryl/α,β-unsaturated/α-hetero) is 1. The highest BCUT2D eigenvalue weighted by Gasteiger charge is 2.26. The molecule has 1 aromatic rings. The molecule has 0 fully saturated rings. The van der Waals surface area contributed by atoms with Crippen LogP contribution in [0.15, 0.2) is 18.2 Å². The lowest BCUT2D eigenvalue weighted by Gasteiger charge is -2.33. The summed E-state index contributed by atoms with van der Waals surface area (Å²) >= 11 is 0. The van der Waals surface area contributed by atoms with Crippen LogP contribution < -0.4 is 10.1 Å². The number of benzene rings is 1. The summed E-state index contributed by atoms with van der Waals surface area (Å²) < 4.78 is 5.56. The first-order valence-corrected chi connectivity index (χ1v) is 6.64. The summed E-state index contributed by atoms with van der Waals surface area (Å²) in [6.07, 6.45) is 2.18. The molecule has 0 amide bonds. The third kappa shape index (κ3) is 2.65. The van der Waals surface area contributed by atoms with Crippen molar-refractivity contribution in [1.29, 1.82) is 0 Å². The van der Waals surface area contributed by atoms with Crippen molar-refractivity contribution in [2.75, 3.05) is 11.9 Å². The summed E-state index contributed by atoms with van der Waals surface area (Å²) in [5, 5.41) is 3.43. The summed E-state index contributed by atoms with van der Waals surface area (Å²) in [7, 11) is 0. The maximum atomic E-state index is 11.9. The molecule has 0 saturated heterocycles. The van der Waals surface area contributed by atoms with Gasteiger partial charge in [0.25, 0.3) is 0 Å². The van der Waals surface area contributed by atoms with E-state index < -0.39 is 0 Å². The maximum Gasteiger partial charge on any atom is 0.162 e. The lowest BCUT2D eigenvalue weighted by atomic mass is 9.88. The molecule has 0 spiro atoms. The van der Waals surface area contributed by atoms with Crippen molar-refractivity contribution in [2.24, 2.45) is 0 Å². The largest absolute Gasteiger partial charge is 0.494 e. The van der Waals surface area contributed by atoms with E-state index in [4.69, 9.17) is 4.74 Å². The standard InChI is InChI=1S/C16H21NO2/c1-6-19-12-7-13-10(2)9-16(4,5)17-15(13)14(8-12)11(3)18/h7-9,17H,6H2,1-5H3. The monoisotopic (exact) mass is 259 g/mol. The molecule has 2 rings (SSSR count). The molecule has 102 valence electrons.